The van der Waals surface area contributed by atoms with Gasteiger partial charge in [0.15, 0.2) is 0 Å². The number of allylic oxidation sites excluding steroid dienone is 1. The van der Waals surface area contributed by atoms with Gasteiger partial charge in [-0.1, -0.05) is 30.8 Å². The Bertz CT molecular complexity index is 585. The Morgan fingerprint density at radius 2 is 2.00 bits per heavy atom. The van der Waals surface area contributed by atoms with Gasteiger partial charge in [0.2, 0.25) is 0 Å². The number of nitrogens with one attached hydrogen (secondary N) is 2. The molecule has 0 saturated carbocycles. The molecule has 1 aliphatic heterocycles. The van der Waals surface area contributed by atoms with Crippen LogP contribution in [-0.4, -0.2) is 23.6 Å². The zero-order valence-corrected chi connectivity index (χ0v) is 14.4. The number of benzene rings is 1. The predicted molar refractivity (Wildman–Crippen MR) is 98.0 cm³/mol. The molecule has 0 spiro atoms. The lowest BCUT2D eigenvalue weighted by Crippen LogP contribution is -2.40. The molecule has 0 radical (unpaired) electrons. The van der Waals surface area contributed by atoms with Crippen LogP contribution in [0.15, 0.2) is 42.2 Å². The summed E-state index contributed by atoms with van der Waals surface area (Å²) in [4.78, 5) is 0. The Kier molecular flexibility index (Phi) is 4.82. The van der Waals surface area contributed by atoms with Crippen LogP contribution in [0.1, 0.15) is 37.8 Å². The highest BCUT2D eigenvalue weighted by Gasteiger charge is 2.22. The van der Waals surface area contributed by atoms with Crippen LogP contribution >= 0.6 is 11.8 Å². The Hall–Kier alpha value is -1.35. The van der Waals surface area contributed by atoms with E-state index in [4.69, 9.17) is 0 Å². The van der Waals surface area contributed by atoms with Crippen molar-refractivity contribution in [3.63, 3.8) is 0 Å². The maximum atomic E-state index is 4.18. The molecule has 3 heteroatoms. The van der Waals surface area contributed by atoms with E-state index in [1.807, 2.05) is 0 Å². The van der Waals surface area contributed by atoms with E-state index in [0.29, 0.717) is 12.1 Å². The molecule has 1 aromatic rings. The highest BCUT2D eigenvalue weighted by molar-refractivity contribution is 7.99. The summed E-state index contributed by atoms with van der Waals surface area (Å²) in [5.74, 6) is 3.50. The van der Waals surface area contributed by atoms with Crippen molar-refractivity contribution < 1.29 is 0 Å². The van der Waals surface area contributed by atoms with Crippen LogP contribution in [0.2, 0.25) is 0 Å². The second-order valence-electron chi connectivity index (χ2n) is 6.36. The quantitative estimate of drug-likeness (QED) is 0.860. The summed E-state index contributed by atoms with van der Waals surface area (Å²) in [6.07, 6.45) is 3.54. The SMILES string of the molecule is C=C(NC1CCSCC1)NC(C)C1=C(C)c2ccccc2C1. The molecule has 1 atom stereocenters. The first-order valence-corrected chi connectivity index (χ1v) is 9.38. The second-order valence-corrected chi connectivity index (χ2v) is 7.58. The molecule has 0 aromatic heterocycles. The molecule has 1 aliphatic carbocycles. The van der Waals surface area contributed by atoms with Gasteiger partial charge >= 0.3 is 0 Å². The predicted octanol–water partition coefficient (Wildman–Crippen LogP) is 3.95. The topological polar surface area (TPSA) is 24.1 Å². The second kappa shape index (κ2) is 6.82. The molecule has 1 heterocycles. The summed E-state index contributed by atoms with van der Waals surface area (Å²) in [7, 11) is 0. The van der Waals surface area contributed by atoms with E-state index < -0.39 is 0 Å². The molecule has 118 valence electrons. The summed E-state index contributed by atoms with van der Waals surface area (Å²) in [6.45, 7) is 8.67. The maximum absolute atomic E-state index is 4.18. The van der Waals surface area contributed by atoms with Crippen LogP contribution < -0.4 is 10.6 Å². The summed E-state index contributed by atoms with van der Waals surface area (Å²) in [5.41, 5.74) is 5.78. The standard InChI is InChI=1S/C19H26N2S/c1-13-18-7-5-4-6-16(18)12-19(13)14(2)20-15(3)21-17-8-10-22-11-9-17/h4-7,14,17,20-21H,3,8-12H2,1-2H3. The van der Waals surface area contributed by atoms with E-state index in [1.54, 1.807) is 0 Å². The van der Waals surface area contributed by atoms with Gasteiger partial charge in [-0.3, -0.25) is 0 Å². The molecule has 2 nitrogen and oxygen atoms in total. The van der Waals surface area contributed by atoms with E-state index in [0.717, 1.165) is 12.2 Å². The van der Waals surface area contributed by atoms with Crippen LogP contribution in [0.5, 0.6) is 0 Å². The van der Waals surface area contributed by atoms with Crippen LogP contribution in [0.25, 0.3) is 5.57 Å². The average Bonchev–Trinajstić information content (AvgIpc) is 2.86. The average molecular weight is 314 g/mol. The molecular formula is C19H26N2S. The fourth-order valence-electron chi connectivity index (χ4n) is 3.51. The first-order chi connectivity index (χ1) is 10.6. The third-order valence-electron chi connectivity index (χ3n) is 4.80. The normalized spacial score (nSPS) is 19.7. The van der Waals surface area contributed by atoms with Crippen molar-refractivity contribution in [2.75, 3.05) is 11.5 Å². The van der Waals surface area contributed by atoms with E-state index in [-0.39, 0.29) is 0 Å². The van der Waals surface area contributed by atoms with Gasteiger partial charge in [0.05, 0.1) is 5.82 Å². The van der Waals surface area contributed by atoms with Crippen molar-refractivity contribution in [1.29, 1.82) is 0 Å². The van der Waals surface area contributed by atoms with Gasteiger partial charge in [-0.2, -0.15) is 11.8 Å². The largest absolute Gasteiger partial charge is 0.370 e. The lowest BCUT2D eigenvalue weighted by molar-refractivity contribution is 0.496. The molecule has 2 N–H and O–H groups in total. The monoisotopic (exact) mass is 314 g/mol. The molecule has 22 heavy (non-hydrogen) atoms. The zero-order valence-electron chi connectivity index (χ0n) is 13.6. The number of rotatable bonds is 5. The number of hydrogen-bond donors (Lipinski definition) is 2. The Labute approximate surface area is 138 Å². The Morgan fingerprint density at radius 1 is 1.27 bits per heavy atom. The summed E-state index contributed by atoms with van der Waals surface area (Å²) in [6, 6.07) is 9.65. The maximum Gasteiger partial charge on any atom is 0.0919 e. The van der Waals surface area contributed by atoms with Crippen LogP contribution in [0.4, 0.5) is 0 Å². The van der Waals surface area contributed by atoms with E-state index >= 15 is 0 Å². The zero-order chi connectivity index (χ0) is 15.5. The molecule has 1 aromatic carbocycles. The van der Waals surface area contributed by atoms with Gasteiger partial charge in [-0.05, 0) is 66.9 Å². The molecule has 1 unspecified atom stereocenters. The summed E-state index contributed by atoms with van der Waals surface area (Å²) < 4.78 is 0. The van der Waals surface area contributed by atoms with E-state index in [2.05, 4.69) is 67.1 Å². The number of fused-ring (bicyclic) bond motifs is 1. The van der Waals surface area contributed by atoms with Gasteiger partial charge in [0.25, 0.3) is 0 Å². The van der Waals surface area contributed by atoms with Gasteiger partial charge in [0.1, 0.15) is 0 Å². The highest BCUT2D eigenvalue weighted by Crippen LogP contribution is 2.33. The van der Waals surface area contributed by atoms with Crippen molar-refractivity contribution in [2.45, 2.75) is 45.2 Å². The first-order valence-electron chi connectivity index (χ1n) is 8.23. The molecule has 3 rings (SSSR count). The van der Waals surface area contributed by atoms with Gasteiger partial charge in [-0.25, -0.2) is 0 Å². The lowest BCUT2D eigenvalue weighted by atomic mass is 10.0. The molecule has 0 amide bonds. The third-order valence-corrected chi connectivity index (χ3v) is 5.85. The number of hydrogen-bond acceptors (Lipinski definition) is 3. The van der Waals surface area contributed by atoms with Crippen molar-refractivity contribution in [3.8, 4) is 0 Å². The fourth-order valence-corrected chi connectivity index (χ4v) is 4.61. The molecule has 0 bridgehead atoms. The van der Waals surface area contributed by atoms with Gasteiger partial charge in [0, 0.05) is 12.1 Å². The van der Waals surface area contributed by atoms with Crippen LogP contribution in [0.3, 0.4) is 0 Å². The third kappa shape index (κ3) is 3.35. The van der Waals surface area contributed by atoms with Gasteiger partial charge in [-0.15, -0.1) is 0 Å². The van der Waals surface area contributed by atoms with Crippen LogP contribution in [0, 0.1) is 0 Å². The van der Waals surface area contributed by atoms with Crippen molar-refractivity contribution in [1.82, 2.24) is 10.6 Å². The minimum Gasteiger partial charge on any atom is -0.370 e. The highest BCUT2D eigenvalue weighted by atomic mass is 32.2. The summed E-state index contributed by atoms with van der Waals surface area (Å²) >= 11 is 2.06. The molecule has 1 fully saturated rings. The van der Waals surface area contributed by atoms with Crippen molar-refractivity contribution >= 4 is 17.3 Å². The smallest absolute Gasteiger partial charge is 0.0919 e. The van der Waals surface area contributed by atoms with E-state index in [9.17, 15) is 0 Å². The Balaban J connectivity index is 1.59. The number of thioether (sulfide) groups is 1. The van der Waals surface area contributed by atoms with E-state index in [1.165, 1.54) is 46.6 Å². The van der Waals surface area contributed by atoms with Gasteiger partial charge < -0.3 is 10.6 Å². The molecular weight excluding hydrogens is 288 g/mol. The lowest BCUT2D eigenvalue weighted by Gasteiger charge is -2.27. The minimum atomic E-state index is 0.324. The van der Waals surface area contributed by atoms with Crippen molar-refractivity contribution in [3.05, 3.63) is 53.4 Å². The van der Waals surface area contributed by atoms with Crippen LogP contribution in [-0.2, 0) is 6.42 Å². The van der Waals surface area contributed by atoms with Crippen molar-refractivity contribution in [2.24, 2.45) is 0 Å². The molecule has 1 saturated heterocycles. The fraction of sp³-hybridized carbons (Fsp3) is 0.474. The summed E-state index contributed by atoms with van der Waals surface area (Å²) in [5, 5.41) is 7.13. The minimum absolute atomic E-state index is 0.324. The Morgan fingerprint density at radius 3 is 2.73 bits per heavy atom. The first kappa shape index (κ1) is 15.5. The molecule has 2 aliphatic rings.